The molecule has 0 aliphatic rings. The Morgan fingerprint density at radius 3 is 2.68 bits per heavy atom. The monoisotopic (exact) mass is 334 g/mol. The summed E-state index contributed by atoms with van der Waals surface area (Å²) in [6.45, 7) is 8.01. The normalized spacial score (nSPS) is 11.3. The Kier molecular flexibility index (Phi) is 4.85. The van der Waals surface area contributed by atoms with Gasteiger partial charge in [-0.2, -0.15) is 0 Å². The van der Waals surface area contributed by atoms with E-state index in [9.17, 15) is 4.79 Å². The number of aromatic amines is 1. The Balaban J connectivity index is 0.00000182. The van der Waals surface area contributed by atoms with Crippen LogP contribution in [0.2, 0.25) is 0 Å². The van der Waals surface area contributed by atoms with Crippen molar-refractivity contribution < 1.29 is 2.85 Å². The molecule has 2 aromatic heterocycles. The van der Waals surface area contributed by atoms with Gasteiger partial charge in [0.15, 0.2) is 0 Å². The highest BCUT2D eigenvalue weighted by Gasteiger charge is 2.03. The van der Waals surface area contributed by atoms with Crippen LogP contribution in [0, 0.1) is 0 Å². The smallest absolute Gasteiger partial charge is 0.248 e. The van der Waals surface area contributed by atoms with Crippen LogP contribution in [0.25, 0.3) is 22.0 Å². The van der Waals surface area contributed by atoms with Gasteiger partial charge in [-0.3, -0.25) is 4.79 Å². The Labute approximate surface area is 148 Å². The summed E-state index contributed by atoms with van der Waals surface area (Å²) >= 11 is 0. The van der Waals surface area contributed by atoms with E-state index in [1.165, 1.54) is 6.07 Å². The SMILES string of the molecule is C=C/C=C(\C=C)CNc1ncc(-c2ccc3[nH]c(=O)ccc3c2)cn1.[HH].[HH]. The van der Waals surface area contributed by atoms with E-state index in [0.717, 1.165) is 27.6 Å². The van der Waals surface area contributed by atoms with Crippen LogP contribution in [0.3, 0.4) is 0 Å². The van der Waals surface area contributed by atoms with Gasteiger partial charge in [-0.1, -0.05) is 37.5 Å². The summed E-state index contributed by atoms with van der Waals surface area (Å²) in [6.07, 6.45) is 8.91. The first-order valence-corrected chi connectivity index (χ1v) is 7.83. The molecule has 128 valence electrons. The number of hydrogen-bond acceptors (Lipinski definition) is 4. The molecule has 0 spiro atoms. The number of fused-ring (bicyclic) bond motifs is 1. The molecule has 0 aliphatic heterocycles. The maximum atomic E-state index is 11.3. The zero-order chi connectivity index (χ0) is 17.6. The van der Waals surface area contributed by atoms with Gasteiger partial charge in [-0.05, 0) is 34.7 Å². The van der Waals surface area contributed by atoms with E-state index in [0.29, 0.717) is 12.5 Å². The number of nitrogens with one attached hydrogen (secondary N) is 2. The fourth-order valence-electron chi connectivity index (χ4n) is 2.43. The van der Waals surface area contributed by atoms with E-state index in [1.807, 2.05) is 24.3 Å². The molecule has 5 nitrogen and oxygen atoms in total. The van der Waals surface area contributed by atoms with Gasteiger partial charge in [-0.25, -0.2) is 9.97 Å². The topological polar surface area (TPSA) is 70.7 Å². The Bertz CT molecular complexity index is 1010. The van der Waals surface area contributed by atoms with Gasteiger partial charge in [-0.15, -0.1) is 0 Å². The van der Waals surface area contributed by atoms with Crippen molar-refractivity contribution in [2.45, 2.75) is 0 Å². The summed E-state index contributed by atoms with van der Waals surface area (Å²) in [4.78, 5) is 22.8. The molecular formula is C20H22N4O. The predicted octanol–water partition coefficient (Wildman–Crippen LogP) is 4.19. The third-order valence-corrected chi connectivity index (χ3v) is 3.75. The second-order valence-corrected chi connectivity index (χ2v) is 5.45. The van der Waals surface area contributed by atoms with Crippen molar-refractivity contribution in [2.24, 2.45) is 0 Å². The van der Waals surface area contributed by atoms with E-state index in [-0.39, 0.29) is 8.41 Å². The molecule has 0 unspecified atom stereocenters. The molecule has 0 radical (unpaired) electrons. The third-order valence-electron chi connectivity index (χ3n) is 3.75. The number of aromatic nitrogens is 3. The highest BCUT2D eigenvalue weighted by molar-refractivity contribution is 5.84. The van der Waals surface area contributed by atoms with Crippen LogP contribution in [-0.4, -0.2) is 21.5 Å². The molecule has 0 atom stereocenters. The third kappa shape index (κ3) is 3.90. The first-order valence-electron chi connectivity index (χ1n) is 7.83. The molecule has 2 heterocycles. The predicted molar refractivity (Wildman–Crippen MR) is 107 cm³/mol. The summed E-state index contributed by atoms with van der Waals surface area (Å²) in [5.74, 6) is 0.547. The summed E-state index contributed by atoms with van der Waals surface area (Å²) in [6, 6.07) is 9.14. The number of H-pyrrole nitrogens is 1. The van der Waals surface area contributed by atoms with E-state index in [4.69, 9.17) is 0 Å². The largest absolute Gasteiger partial charge is 0.350 e. The lowest BCUT2D eigenvalue weighted by Crippen LogP contribution is -2.06. The first kappa shape index (κ1) is 16.4. The highest BCUT2D eigenvalue weighted by atomic mass is 16.1. The number of benzene rings is 1. The standard InChI is InChI=1S/C20H18N4O.2H2/c1-3-5-14(4-2)11-21-20-22-12-17(13-23-20)15-6-8-18-16(10-15)7-9-19(25)24-18;;/h3-10,12-13H,1-2,11H2,(H,24,25)(H,21,22,23);2*1H/b14-5+;;. The van der Waals surface area contributed by atoms with E-state index in [2.05, 4.69) is 33.4 Å². The van der Waals surface area contributed by atoms with Crippen LogP contribution in [0.1, 0.15) is 2.85 Å². The van der Waals surface area contributed by atoms with Crippen molar-refractivity contribution in [3.05, 3.63) is 90.0 Å². The number of allylic oxidation sites excluding steroid dienone is 2. The molecule has 2 N–H and O–H groups in total. The molecule has 0 amide bonds. The molecule has 0 fully saturated rings. The van der Waals surface area contributed by atoms with Crippen molar-refractivity contribution in [1.82, 2.24) is 15.0 Å². The Morgan fingerprint density at radius 1 is 1.16 bits per heavy atom. The fourth-order valence-corrected chi connectivity index (χ4v) is 2.43. The highest BCUT2D eigenvalue weighted by Crippen LogP contribution is 2.22. The molecule has 5 heteroatoms. The zero-order valence-corrected chi connectivity index (χ0v) is 13.7. The maximum Gasteiger partial charge on any atom is 0.248 e. The van der Waals surface area contributed by atoms with E-state index >= 15 is 0 Å². The number of rotatable bonds is 6. The molecule has 0 aliphatic carbocycles. The van der Waals surface area contributed by atoms with E-state index in [1.54, 1.807) is 30.6 Å². The van der Waals surface area contributed by atoms with Crippen LogP contribution in [-0.2, 0) is 0 Å². The van der Waals surface area contributed by atoms with Gasteiger partial charge in [0.25, 0.3) is 0 Å². The Hall–Kier alpha value is -3.47. The lowest BCUT2D eigenvalue weighted by Gasteiger charge is -2.07. The molecule has 0 bridgehead atoms. The van der Waals surface area contributed by atoms with Gasteiger partial charge in [0, 0.05) is 38.9 Å². The second-order valence-electron chi connectivity index (χ2n) is 5.45. The summed E-state index contributed by atoms with van der Waals surface area (Å²) < 4.78 is 0. The van der Waals surface area contributed by atoms with Crippen molar-refractivity contribution in [3.8, 4) is 11.1 Å². The number of nitrogens with zero attached hydrogens (tertiary/aromatic N) is 2. The molecule has 3 aromatic rings. The lowest BCUT2D eigenvalue weighted by molar-refractivity contribution is 1.11. The maximum absolute atomic E-state index is 11.3. The average Bonchev–Trinajstić information content (AvgIpc) is 2.65. The zero-order valence-electron chi connectivity index (χ0n) is 13.7. The summed E-state index contributed by atoms with van der Waals surface area (Å²) in [7, 11) is 0. The summed E-state index contributed by atoms with van der Waals surface area (Å²) in [5.41, 5.74) is 3.60. The molecule has 0 saturated carbocycles. The minimum absolute atomic E-state index is 0. The van der Waals surface area contributed by atoms with Crippen LogP contribution in [0.15, 0.2) is 84.5 Å². The Morgan fingerprint density at radius 2 is 1.96 bits per heavy atom. The molecule has 1 aromatic carbocycles. The number of hydrogen-bond donors (Lipinski definition) is 2. The minimum atomic E-state index is -0.108. The first-order chi connectivity index (χ1) is 12.2. The summed E-state index contributed by atoms with van der Waals surface area (Å²) in [5, 5.41) is 4.11. The minimum Gasteiger partial charge on any atom is -0.350 e. The average molecular weight is 334 g/mol. The number of anilines is 1. The molecule has 25 heavy (non-hydrogen) atoms. The van der Waals surface area contributed by atoms with Crippen LogP contribution in [0.4, 0.5) is 5.95 Å². The van der Waals surface area contributed by atoms with Crippen molar-refractivity contribution >= 4 is 16.9 Å². The van der Waals surface area contributed by atoms with Crippen LogP contribution < -0.4 is 10.9 Å². The van der Waals surface area contributed by atoms with Gasteiger partial charge in [0.2, 0.25) is 11.5 Å². The molecular weight excluding hydrogens is 312 g/mol. The molecule has 0 saturated heterocycles. The van der Waals surface area contributed by atoms with Gasteiger partial charge >= 0.3 is 0 Å². The fraction of sp³-hybridized carbons (Fsp3) is 0.0500. The molecule has 3 rings (SSSR count). The van der Waals surface area contributed by atoms with Gasteiger partial charge in [0.05, 0.1) is 0 Å². The van der Waals surface area contributed by atoms with Crippen LogP contribution >= 0.6 is 0 Å². The van der Waals surface area contributed by atoms with Crippen molar-refractivity contribution in [3.63, 3.8) is 0 Å². The lowest BCUT2D eigenvalue weighted by atomic mass is 10.1. The van der Waals surface area contributed by atoms with E-state index < -0.39 is 0 Å². The van der Waals surface area contributed by atoms with Crippen LogP contribution in [0.5, 0.6) is 0 Å². The van der Waals surface area contributed by atoms with Crippen molar-refractivity contribution in [2.75, 3.05) is 11.9 Å². The van der Waals surface area contributed by atoms with Gasteiger partial charge in [0.1, 0.15) is 0 Å². The quantitative estimate of drug-likeness (QED) is 0.663. The second kappa shape index (κ2) is 7.40. The van der Waals surface area contributed by atoms with Crippen molar-refractivity contribution in [1.29, 1.82) is 0 Å². The van der Waals surface area contributed by atoms with Gasteiger partial charge < -0.3 is 10.3 Å². The number of pyridine rings is 1.